The van der Waals surface area contributed by atoms with E-state index in [9.17, 15) is 4.79 Å². The normalized spacial score (nSPS) is 18.9. The number of piperidine rings is 1. The Morgan fingerprint density at radius 2 is 1.71 bits per heavy atom. The maximum Gasteiger partial charge on any atom is 0.366 e. The van der Waals surface area contributed by atoms with Gasteiger partial charge in [-0.3, -0.25) is 4.84 Å². The average molecular weight is 242 g/mol. The summed E-state index contributed by atoms with van der Waals surface area (Å²) in [6.07, 6.45) is 10.2. The van der Waals surface area contributed by atoms with E-state index in [4.69, 9.17) is 4.84 Å². The summed E-state index contributed by atoms with van der Waals surface area (Å²) >= 11 is 0. The van der Waals surface area contributed by atoms with Crippen LogP contribution in [0, 0.1) is 0 Å². The van der Waals surface area contributed by atoms with Crippen LogP contribution < -0.4 is 0 Å². The van der Waals surface area contributed by atoms with Crippen molar-refractivity contribution in [3.63, 3.8) is 0 Å². The average Bonchev–Trinajstić information content (AvgIpc) is 2.29. The van der Waals surface area contributed by atoms with E-state index in [1.165, 1.54) is 38.5 Å². The second-order valence-electron chi connectivity index (χ2n) is 5.43. The molecule has 1 aliphatic heterocycles. The number of unbranched alkanes of at least 4 members (excludes halogenated alkanes) is 4. The Hall–Kier alpha value is -0.570. The maximum absolute atomic E-state index is 11.7. The van der Waals surface area contributed by atoms with E-state index in [0.29, 0.717) is 11.1 Å². The Kier molecular flexibility index (Phi) is 6.56. The Bertz CT molecular complexity index is 222. The molecule has 0 radical (unpaired) electrons. The molecule has 17 heavy (non-hydrogen) atoms. The van der Waals surface area contributed by atoms with Crippen molar-refractivity contribution in [2.24, 2.45) is 0 Å². The molecule has 3 heteroatoms. The van der Waals surface area contributed by atoms with Crippen molar-refractivity contribution in [2.45, 2.75) is 64.7 Å². The minimum atomic E-state index is -0.00843. The SMILES string of the molecule is CCCCCCCC(=O)O[N+]1(C)CCCCC1. The van der Waals surface area contributed by atoms with E-state index in [1.54, 1.807) is 0 Å². The molecule has 0 aromatic rings. The highest BCUT2D eigenvalue weighted by Gasteiger charge is 2.29. The number of hydroxylamine groups is 3. The zero-order valence-electron chi connectivity index (χ0n) is 11.5. The largest absolute Gasteiger partial charge is 0.366 e. The molecule has 0 N–H and O–H groups in total. The van der Waals surface area contributed by atoms with Crippen molar-refractivity contribution in [1.29, 1.82) is 0 Å². The molecular formula is C14H28NO2+. The van der Waals surface area contributed by atoms with Gasteiger partial charge in [-0.25, -0.2) is 4.79 Å². The van der Waals surface area contributed by atoms with Crippen LogP contribution in [-0.4, -0.2) is 30.8 Å². The standard InChI is InChI=1S/C14H28NO2/c1-3-4-5-6-8-11-14(16)17-15(2)12-9-7-10-13-15/h3-13H2,1-2H3/q+1. The predicted octanol–water partition coefficient (Wildman–Crippen LogP) is 3.44. The van der Waals surface area contributed by atoms with Crippen LogP contribution in [0.4, 0.5) is 0 Å². The number of rotatable bonds is 7. The van der Waals surface area contributed by atoms with E-state index in [2.05, 4.69) is 6.92 Å². The summed E-state index contributed by atoms with van der Waals surface area (Å²) in [6, 6.07) is 0. The molecule has 0 bridgehead atoms. The van der Waals surface area contributed by atoms with Crippen LogP contribution in [0.2, 0.25) is 0 Å². The fraction of sp³-hybridized carbons (Fsp3) is 0.929. The molecule has 1 rings (SSSR count). The topological polar surface area (TPSA) is 26.3 Å². The molecule has 100 valence electrons. The molecule has 0 aromatic heterocycles. The molecule has 0 spiro atoms. The van der Waals surface area contributed by atoms with Gasteiger partial charge in [-0.1, -0.05) is 32.6 Å². The summed E-state index contributed by atoms with van der Waals surface area (Å²) in [5.41, 5.74) is 0. The molecule has 1 fully saturated rings. The number of carbonyl (C=O) groups excluding carboxylic acids is 1. The van der Waals surface area contributed by atoms with Crippen molar-refractivity contribution in [2.75, 3.05) is 20.1 Å². The second-order valence-corrected chi connectivity index (χ2v) is 5.43. The van der Waals surface area contributed by atoms with Gasteiger partial charge in [-0.05, 0) is 12.8 Å². The van der Waals surface area contributed by atoms with Crippen molar-refractivity contribution < 1.29 is 14.3 Å². The molecule has 0 amide bonds. The molecule has 1 heterocycles. The van der Waals surface area contributed by atoms with E-state index in [0.717, 1.165) is 25.9 Å². The van der Waals surface area contributed by atoms with Crippen LogP contribution in [0.25, 0.3) is 0 Å². The molecule has 0 aromatic carbocycles. The van der Waals surface area contributed by atoms with Gasteiger partial charge in [0.15, 0.2) is 0 Å². The minimum Gasteiger partial charge on any atom is -0.277 e. The molecular weight excluding hydrogens is 214 g/mol. The Labute approximate surface area is 106 Å². The number of carbonyl (C=O) groups is 1. The van der Waals surface area contributed by atoms with Gasteiger partial charge < -0.3 is 0 Å². The highest BCUT2D eigenvalue weighted by Crippen LogP contribution is 2.18. The lowest BCUT2D eigenvalue weighted by Gasteiger charge is -2.33. The molecule has 0 saturated carbocycles. The van der Waals surface area contributed by atoms with Crippen molar-refractivity contribution in [1.82, 2.24) is 0 Å². The summed E-state index contributed by atoms with van der Waals surface area (Å²) in [5, 5.41) is 0. The third-order valence-corrected chi connectivity index (χ3v) is 3.57. The van der Waals surface area contributed by atoms with Gasteiger partial charge in [0.25, 0.3) is 0 Å². The highest BCUT2D eigenvalue weighted by atomic mass is 16.7. The monoisotopic (exact) mass is 242 g/mol. The van der Waals surface area contributed by atoms with Crippen LogP contribution in [0.1, 0.15) is 64.7 Å². The van der Waals surface area contributed by atoms with Gasteiger partial charge in [0.05, 0.1) is 6.42 Å². The summed E-state index contributed by atoms with van der Waals surface area (Å²) in [5.74, 6) is -0.00843. The Morgan fingerprint density at radius 3 is 2.35 bits per heavy atom. The molecule has 0 atom stereocenters. The van der Waals surface area contributed by atoms with E-state index < -0.39 is 0 Å². The fourth-order valence-electron chi connectivity index (χ4n) is 2.44. The smallest absolute Gasteiger partial charge is 0.277 e. The van der Waals surface area contributed by atoms with Gasteiger partial charge >= 0.3 is 5.97 Å². The van der Waals surface area contributed by atoms with Crippen LogP contribution in [0.15, 0.2) is 0 Å². The number of hydrogen-bond donors (Lipinski definition) is 0. The van der Waals surface area contributed by atoms with Gasteiger partial charge in [0, 0.05) is 12.8 Å². The molecule has 1 aliphatic rings. The van der Waals surface area contributed by atoms with Crippen molar-refractivity contribution in [3.8, 4) is 0 Å². The number of nitrogens with zero attached hydrogens (tertiary/aromatic N) is 1. The van der Waals surface area contributed by atoms with Gasteiger partial charge in [-0.2, -0.15) is 0 Å². The van der Waals surface area contributed by atoms with E-state index in [-0.39, 0.29) is 5.97 Å². The van der Waals surface area contributed by atoms with E-state index >= 15 is 0 Å². The number of hydrogen-bond acceptors (Lipinski definition) is 2. The van der Waals surface area contributed by atoms with Gasteiger partial charge in [0.1, 0.15) is 20.1 Å². The number of likely N-dealkylation sites (tertiary alicyclic amines) is 1. The van der Waals surface area contributed by atoms with Crippen LogP contribution in [-0.2, 0) is 9.63 Å². The zero-order valence-corrected chi connectivity index (χ0v) is 11.5. The zero-order chi connectivity index (χ0) is 12.6. The Morgan fingerprint density at radius 1 is 1.06 bits per heavy atom. The lowest BCUT2D eigenvalue weighted by atomic mass is 10.1. The molecule has 3 nitrogen and oxygen atoms in total. The first-order chi connectivity index (χ1) is 8.16. The number of quaternary nitrogens is 1. The lowest BCUT2D eigenvalue weighted by Crippen LogP contribution is -2.49. The molecule has 0 unspecified atom stereocenters. The van der Waals surface area contributed by atoms with Crippen molar-refractivity contribution in [3.05, 3.63) is 0 Å². The first-order valence-corrected chi connectivity index (χ1v) is 7.23. The summed E-state index contributed by atoms with van der Waals surface area (Å²) in [4.78, 5) is 17.3. The third-order valence-electron chi connectivity index (χ3n) is 3.57. The maximum atomic E-state index is 11.7. The summed E-state index contributed by atoms with van der Waals surface area (Å²) in [6.45, 7) is 4.18. The summed E-state index contributed by atoms with van der Waals surface area (Å²) in [7, 11) is 2.04. The van der Waals surface area contributed by atoms with Gasteiger partial charge in [-0.15, -0.1) is 4.65 Å². The Balaban J connectivity index is 2.11. The molecule has 1 saturated heterocycles. The van der Waals surface area contributed by atoms with Crippen LogP contribution in [0.3, 0.4) is 0 Å². The first-order valence-electron chi connectivity index (χ1n) is 7.23. The van der Waals surface area contributed by atoms with E-state index in [1.807, 2.05) is 7.05 Å². The minimum absolute atomic E-state index is 0.00843. The fourth-order valence-corrected chi connectivity index (χ4v) is 2.44. The van der Waals surface area contributed by atoms with Gasteiger partial charge in [0.2, 0.25) is 0 Å². The van der Waals surface area contributed by atoms with Crippen LogP contribution in [0.5, 0.6) is 0 Å². The van der Waals surface area contributed by atoms with Crippen LogP contribution >= 0.6 is 0 Å². The molecule has 0 aliphatic carbocycles. The second kappa shape index (κ2) is 7.70. The first kappa shape index (κ1) is 14.5. The lowest BCUT2D eigenvalue weighted by molar-refractivity contribution is -1.08. The van der Waals surface area contributed by atoms with Crippen molar-refractivity contribution >= 4 is 5.97 Å². The highest BCUT2D eigenvalue weighted by molar-refractivity contribution is 5.68. The predicted molar refractivity (Wildman–Crippen MR) is 69.2 cm³/mol. The summed E-state index contributed by atoms with van der Waals surface area (Å²) < 4.78 is 0.508. The third kappa shape index (κ3) is 6.06. The quantitative estimate of drug-likeness (QED) is 0.505.